The second-order valence-corrected chi connectivity index (χ2v) is 6.76. The Morgan fingerprint density at radius 2 is 1.81 bits per heavy atom. The van der Waals surface area contributed by atoms with Crippen molar-refractivity contribution in [2.24, 2.45) is 0 Å². The van der Waals surface area contributed by atoms with Crippen LogP contribution in [0, 0.1) is 17.1 Å². The fraction of sp³-hybridized carbons (Fsp3) is 0.0435. The number of fused-ring (bicyclic) bond motifs is 1. The van der Waals surface area contributed by atoms with Crippen molar-refractivity contribution in [2.75, 3.05) is 10.6 Å². The molecule has 4 aromatic rings. The first-order chi connectivity index (χ1) is 15.5. The van der Waals surface area contributed by atoms with Crippen LogP contribution in [0.1, 0.15) is 12.0 Å². The number of carbonyl (C=O) groups excluding carboxylic acids is 2. The number of anilines is 2. The average Bonchev–Trinajstić information content (AvgIpc) is 3.25. The summed E-state index contributed by atoms with van der Waals surface area (Å²) in [5.74, 6) is -1.45. The first-order valence-corrected chi connectivity index (χ1v) is 9.51. The maximum Gasteiger partial charge on any atom is 0.233 e. The Morgan fingerprint density at radius 1 is 1.03 bits per heavy atom. The third-order valence-electron chi connectivity index (χ3n) is 4.45. The van der Waals surface area contributed by atoms with Crippen LogP contribution in [-0.2, 0) is 9.59 Å². The highest BCUT2D eigenvalue weighted by Gasteiger charge is 2.13. The normalized spacial score (nSPS) is 10.4. The van der Waals surface area contributed by atoms with Gasteiger partial charge < -0.3 is 20.4 Å². The molecule has 8 nitrogen and oxygen atoms in total. The number of halogens is 1. The molecule has 32 heavy (non-hydrogen) atoms. The molecule has 0 saturated carbocycles. The van der Waals surface area contributed by atoms with Crippen LogP contribution in [0.25, 0.3) is 11.0 Å². The lowest BCUT2D eigenvalue weighted by atomic mass is 10.2. The van der Waals surface area contributed by atoms with Gasteiger partial charge in [0, 0.05) is 29.8 Å². The molecular formula is C23H16FN5O3. The number of ether oxygens (including phenoxy) is 1. The standard InChI is InChI=1S/C23H16FN5O3/c24-18-11-16(4-5-20(18)32-19-7-9-27-23-17(19)6-8-26-23)29-22(31)12-21(30)28-15-3-1-2-14(10-15)13-25/h1-11H,12H2,(H,26,27)(H,28,30)(H,29,31). The Labute approximate surface area is 181 Å². The largest absolute Gasteiger partial charge is 0.453 e. The molecule has 0 unspecified atom stereocenters. The molecule has 2 aromatic carbocycles. The van der Waals surface area contributed by atoms with Crippen LogP contribution in [-0.4, -0.2) is 21.8 Å². The quantitative estimate of drug-likeness (QED) is 0.394. The number of hydrogen-bond acceptors (Lipinski definition) is 5. The highest BCUT2D eigenvalue weighted by Crippen LogP contribution is 2.31. The van der Waals surface area contributed by atoms with Crippen LogP contribution in [0.5, 0.6) is 11.5 Å². The van der Waals surface area contributed by atoms with Gasteiger partial charge in [0.1, 0.15) is 17.8 Å². The van der Waals surface area contributed by atoms with Crippen molar-refractivity contribution in [2.45, 2.75) is 6.42 Å². The summed E-state index contributed by atoms with van der Waals surface area (Å²) in [7, 11) is 0. The number of amides is 2. The summed E-state index contributed by atoms with van der Waals surface area (Å²) in [6, 6.07) is 15.6. The number of rotatable bonds is 6. The highest BCUT2D eigenvalue weighted by molar-refractivity contribution is 6.08. The van der Waals surface area contributed by atoms with Gasteiger partial charge in [0.25, 0.3) is 0 Å². The fourth-order valence-corrected chi connectivity index (χ4v) is 3.03. The molecule has 0 spiro atoms. The van der Waals surface area contributed by atoms with E-state index >= 15 is 0 Å². The maximum atomic E-state index is 14.5. The summed E-state index contributed by atoms with van der Waals surface area (Å²) in [4.78, 5) is 31.3. The average molecular weight is 429 g/mol. The molecule has 0 aliphatic heterocycles. The molecule has 0 aliphatic carbocycles. The van der Waals surface area contributed by atoms with Gasteiger partial charge in [0.05, 0.1) is 17.0 Å². The van der Waals surface area contributed by atoms with Gasteiger partial charge in [-0.3, -0.25) is 9.59 Å². The smallest absolute Gasteiger partial charge is 0.233 e. The molecule has 0 fully saturated rings. The van der Waals surface area contributed by atoms with E-state index in [1.807, 2.05) is 6.07 Å². The summed E-state index contributed by atoms with van der Waals surface area (Å²) >= 11 is 0. The van der Waals surface area contributed by atoms with Crippen molar-refractivity contribution < 1.29 is 18.7 Å². The number of pyridine rings is 1. The number of aromatic amines is 1. The SMILES string of the molecule is N#Cc1cccc(NC(=O)CC(=O)Nc2ccc(Oc3ccnc4[nH]ccc34)c(F)c2)c1. The third kappa shape index (κ3) is 4.71. The molecule has 0 atom stereocenters. The molecule has 2 heterocycles. The molecule has 0 radical (unpaired) electrons. The number of nitriles is 1. The predicted octanol–water partition coefficient (Wildman–Crippen LogP) is 4.33. The van der Waals surface area contributed by atoms with Gasteiger partial charge >= 0.3 is 0 Å². The first kappa shape index (κ1) is 20.6. The molecule has 0 bridgehead atoms. The van der Waals surface area contributed by atoms with Crippen LogP contribution in [0.4, 0.5) is 15.8 Å². The summed E-state index contributed by atoms with van der Waals surface area (Å²) in [5, 5.41) is 14.6. The molecule has 0 saturated heterocycles. The summed E-state index contributed by atoms with van der Waals surface area (Å²) < 4.78 is 20.2. The van der Waals surface area contributed by atoms with Crippen molar-refractivity contribution in [3.63, 3.8) is 0 Å². The zero-order chi connectivity index (χ0) is 22.5. The Kier molecular flexibility index (Phi) is 5.76. The molecule has 4 rings (SSSR count). The summed E-state index contributed by atoms with van der Waals surface area (Å²) in [6.07, 6.45) is 2.78. The van der Waals surface area contributed by atoms with E-state index in [1.165, 1.54) is 18.2 Å². The molecule has 0 aliphatic rings. The third-order valence-corrected chi connectivity index (χ3v) is 4.45. The lowest BCUT2D eigenvalue weighted by Gasteiger charge is -2.10. The Bertz CT molecular complexity index is 1360. The van der Waals surface area contributed by atoms with E-state index in [9.17, 15) is 14.0 Å². The lowest BCUT2D eigenvalue weighted by Crippen LogP contribution is -2.21. The minimum absolute atomic E-state index is 0.0215. The van der Waals surface area contributed by atoms with Crippen LogP contribution >= 0.6 is 0 Å². The van der Waals surface area contributed by atoms with Crippen molar-refractivity contribution in [3.8, 4) is 17.6 Å². The fourth-order valence-electron chi connectivity index (χ4n) is 3.03. The number of benzene rings is 2. The van der Waals surface area contributed by atoms with E-state index < -0.39 is 24.1 Å². The van der Waals surface area contributed by atoms with E-state index in [4.69, 9.17) is 10.00 Å². The number of H-pyrrole nitrogens is 1. The van der Waals surface area contributed by atoms with Crippen molar-refractivity contribution in [1.82, 2.24) is 9.97 Å². The van der Waals surface area contributed by atoms with Crippen molar-refractivity contribution >= 4 is 34.2 Å². The van der Waals surface area contributed by atoms with Crippen LogP contribution in [0.15, 0.2) is 67.0 Å². The van der Waals surface area contributed by atoms with E-state index in [-0.39, 0.29) is 11.4 Å². The number of nitrogens with one attached hydrogen (secondary N) is 3. The number of carbonyl (C=O) groups is 2. The second kappa shape index (κ2) is 8.97. The molecule has 2 amide bonds. The van der Waals surface area contributed by atoms with E-state index in [0.29, 0.717) is 28.0 Å². The summed E-state index contributed by atoms with van der Waals surface area (Å²) in [5.41, 5.74) is 1.58. The van der Waals surface area contributed by atoms with Gasteiger partial charge in [-0.05, 0) is 42.5 Å². The van der Waals surface area contributed by atoms with Gasteiger partial charge in [0.15, 0.2) is 11.6 Å². The van der Waals surface area contributed by atoms with E-state index in [0.717, 1.165) is 6.07 Å². The molecule has 9 heteroatoms. The Balaban J connectivity index is 1.37. The van der Waals surface area contributed by atoms with E-state index in [1.54, 1.807) is 42.7 Å². The van der Waals surface area contributed by atoms with Crippen molar-refractivity contribution in [1.29, 1.82) is 5.26 Å². The van der Waals surface area contributed by atoms with Crippen LogP contribution in [0.2, 0.25) is 0 Å². The lowest BCUT2D eigenvalue weighted by molar-refractivity contribution is -0.123. The predicted molar refractivity (Wildman–Crippen MR) is 116 cm³/mol. The van der Waals surface area contributed by atoms with E-state index in [2.05, 4.69) is 20.6 Å². The van der Waals surface area contributed by atoms with Crippen LogP contribution in [0.3, 0.4) is 0 Å². The topological polar surface area (TPSA) is 120 Å². The van der Waals surface area contributed by atoms with Gasteiger partial charge in [-0.2, -0.15) is 5.26 Å². The monoisotopic (exact) mass is 429 g/mol. The first-order valence-electron chi connectivity index (χ1n) is 9.51. The van der Waals surface area contributed by atoms with Crippen molar-refractivity contribution in [3.05, 3.63) is 78.4 Å². The second-order valence-electron chi connectivity index (χ2n) is 6.76. The van der Waals surface area contributed by atoms with Gasteiger partial charge in [-0.15, -0.1) is 0 Å². The Hall–Kier alpha value is -4.71. The number of nitrogens with zero attached hydrogens (tertiary/aromatic N) is 2. The molecule has 2 aromatic heterocycles. The number of hydrogen-bond donors (Lipinski definition) is 3. The van der Waals surface area contributed by atoms with Gasteiger partial charge in [-0.1, -0.05) is 6.07 Å². The number of aromatic nitrogens is 2. The maximum absolute atomic E-state index is 14.5. The minimum Gasteiger partial charge on any atom is -0.453 e. The Morgan fingerprint density at radius 3 is 2.56 bits per heavy atom. The minimum atomic E-state index is -0.680. The molecule has 3 N–H and O–H groups in total. The zero-order valence-electron chi connectivity index (χ0n) is 16.6. The van der Waals surface area contributed by atoms with Gasteiger partial charge in [0.2, 0.25) is 11.8 Å². The highest BCUT2D eigenvalue weighted by atomic mass is 19.1. The zero-order valence-corrected chi connectivity index (χ0v) is 16.6. The van der Waals surface area contributed by atoms with Gasteiger partial charge in [-0.25, -0.2) is 9.37 Å². The molecule has 158 valence electrons. The molecular weight excluding hydrogens is 413 g/mol. The van der Waals surface area contributed by atoms with Crippen LogP contribution < -0.4 is 15.4 Å². The summed E-state index contributed by atoms with van der Waals surface area (Å²) in [6.45, 7) is 0.